The summed E-state index contributed by atoms with van der Waals surface area (Å²) in [7, 11) is 4.65. The highest BCUT2D eigenvalue weighted by Crippen LogP contribution is 2.63. The third kappa shape index (κ3) is 4.49. The van der Waals surface area contributed by atoms with E-state index in [9.17, 15) is 14.7 Å². The quantitative estimate of drug-likeness (QED) is 0.253. The summed E-state index contributed by atoms with van der Waals surface area (Å²) in [5, 5.41) is 14.4. The van der Waals surface area contributed by atoms with Gasteiger partial charge in [0.25, 0.3) is 0 Å². The van der Waals surface area contributed by atoms with Gasteiger partial charge in [0.05, 0.1) is 46.1 Å². The Balaban J connectivity index is 1.25. The lowest BCUT2D eigenvalue weighted by molar-refractivity contribution is -0.199. The monoisotopic (exact) mass is 748 g/mol. The number of fused-ring (bicyclic) bond motifs is 7. The first kappa shape index (κ1) is 35.4. The first-order valence-electron chi connectivity index (χ1n) is 20.2. The molecule has 8 aliphatic rings. The normalized spacial score (nSPS) is 38.9. The molecule has 2 aliphatic carbocycles. The van der Waals surface area contributed by atoms with E-state index < -0.39 is 16.4 Å². The molecule has 1 saturated carbocycles. The molecule has 0 amide bonds. The number of aliphatic hydroxyl groups is 1. The Hall–Kier alpha value is -4.03. The number of H-pyrrole nitrogens is 1. The fourth-order valence-electron chi connectivity index (χ4n) is 13.1. The van der Waals surface area contributed by atoms with Gasteiger partial charge < -0.3 is 29.0 Å². The van der Waals surface area contributed by atoms with Crippen molar-refractivity contribution in [2.24, 2.45) is 33.6 Å². The van der Waals surface area contributed by atoms with Crippen molar-refractivity contribution in [3.05, 3.63) is 70.4 Å². The number of piperidine rings is 3. The number of ether oxygens (including phenoxy) is 4. The molecule has 290 valence electrons. The third-order valence-corrected chi connectivity index (χ3v) is 15.2. The van der Waals surface area contributed by atoms with Crippen molar-refractivity contribution < 1.29 is 33.6 Å². The van der Waals surface area contributed by atoms with E-state index in [2.05, 4.69) is 52.9 Å². The fourth-order valence-corrected chi connectivity index (χ4v) is 13.1. The summed E-state index contributed by atoms with van der Waals surface area (Å²) in [6, 6.07) is 12.1. The second-order valence-corrected chi connectivity index (χ2v) is 17.3. The summed E-state index contributed by atoms with van der Waals surface area (Å²) in [6.07, 6.45) is 6.40. The van der Waals surface area contributed by atoms with Gasteiger partial charge in [0, 0.05) is 71.3 Å². The van der Waals surface area contributed by atoms with Crippen molar-refractivity contribution in [3.8, 4) is 5.75 Å². The standard InChI is InChI=1S/C44H52N4O7/c1-6-25-16-24-19-42(40(49)53-4)38(25)47(20-24)15-14-44(51)30-12-13-33(52-3)35(37(30)46-39(42)44)29-17-31-26(7-2)21-48-23-55-22-43(31,41(50)54-5)34(48)18-28-27-10-8-9-11-32(27)45-36(28)29/h7-13,24-25,29,31,34,38,45,51H,6,14-23H2,1-5H3/b26-7-/t24-,25+,29+,31-,34+,38+,42+,43+,44-/m1/s1. The number of para-hydroxylation sites is 1. The maximum absolute atomic E-state index is 14.5. The Kier molecular flexibility index (Phi) is 8.03. The molecule has 2 aromatic carbocycles. The number of nitrogens with zero attached hydrogens (tertiary/aromatic N) is 3. The van der Waals surface area contributed by atoms with Crippen molar-refractivity contribution in [3.63, 3.8) is 0 Å². The zero-order valence-corrected chi connectivity index (χ0v) is 32.5. The van der Waals surface area contributed by atoms with E-state index in [-0.39, 0.29) is 42.5 Å². The molecule has 11 nitrogen and oxygen atoms in total. The lowest BCUT2D eigenvalue weighted by Gasteiger charge is -2.58. The summed E-state index contributed by atoms with van der Waals surface area (Å²) in [5.74, 6) is 0.164. The van der Waals surface area contributed by atoms with E-state index in [4.69, 9.17) is 23.9 Å². The number of benzene rings is 2. The molecule has 11 rings (SSSR count). The molecular weight excluding hydrogens is 697 g/mol. The lowest BCUT2D eigenvalue weighted by Crippen LogP contribution is -2.68. The number of carbonyl (C=O) groups is 2. The summed E-state index contributed by atoms with van der Waals surface area (Å²) < 4.78 is 24.0. The number of aromatic amines is 1. The van der Waals surface area contributed by atoms with Crippen LogP contribution in [0.3, 0.4) is 0 Å². The molecule has 8 bridgehead atoms. The minimum atomic E-state index is -1.47. The van der Waals surface area contributed by atoms with Gasteiger partial charge in [-0.05, 0) is 74.6 Å². The Labute approximate surface area is 322 Å². The summed E-state index contributed by atoms with van der Waals surface area (Å²) in [4.78, 5) is 43.1. The zero-order valence-electron chi connectivity index (χ0n) is 32.5. The first-order chi connectivity index (χ1) is 26.7. The molecule has 11 atom stereocenters. The van der Waals surface area contributed by atoms with E-state index in [0.29, 0.717) is 80.1 Å². The number of carbonyl (C=O) groups excluding carboxylic acids is 2. The van der Waals surface area contributed by atoms with E-state index in [1.807, 2.05) is 18.2 Å². The number of aromatic nitrogens is 1. The van der Waals surface area contributed by atoms with E-state index in [1.54, 1.807) is 7.11 Å². The van der Waals surface area contributed by atoms with E-state index >= 15 is 0 Å². The number of rotatable bonds is 5. The minimum Gasteiger partial charge on any atom is -0.496 e. The van der Waals surface area contributed by atoms with Crippen LogP contribution in [0.15, 0.2) is 53.0 Å². The summed E-state index contributed by atoms with van der Waals surface area (Å²) >= 11 is 0. The number of esters is 2. The highest BCUT2D eigenvalue weighted by atomic mass is 16.5. The molecule has 0 radical (unpaired) electrons. The largest absolute Gasteiger partial charge is 0.496 e. The number of nitrogens with one attached hydrogen (secondary N) is 1. The number of allylic oxidation sites excluding steroid dienone is 1. The molecule has 0 spiro atoms. The van der Waals surface area contributed by atoms with E-state index in [1.165, 1.54) is 19.8 Å². The SMILES string of the molecule is C/C=C1/CN2COC[C@]3(C(=O)OC)[C@@H]1C[C@@H](c1c(OC)ccc4c1N=C1[C@]5(C(=O)OC)C[C@H]6C[C@H](CC)[C@@H]5N(CC[C@]14O)C6)c1[nH]c4ccccc4c1C[C@H]23. The Morgan fingerprint density at radius 1 is 1.09 bits per heavy atom. The smallest absolute Gasteiger partial charge is 0.319 e. The van der Waals surface area contributed by atoms with Crippen molar-refractivity contribution >= 4 is 34.2 Å². The van der Waals surface area contributed by atoms with Crippen LogP contribution in [0.5, 0.6) is 5.75 Å². The zero-order chi connectivity index (χ0) is 38.0. The Bertz CT molecular complexity index is 2180. The first-order valence-corrected chi connectivity index (χ1v) is 20.2. The molecule has 2 N–H and O–H groups in total. The number of methoxy groups -OCH3 is 3. The van der Waals surface area contributed by atoms with Crippen LogP contribution in [-0.4, -0.2) is 104 Å². The fraction of sp³-hybridized carbons (Fsp3) is 0.568. The van der Waals surface area contributed by atoms with Gasteiger partial charge in [0.15, 0.2) is 0 Å². The maximum atomic E-state index is 14.5. The molecule has 7 heterocycles. The van der Waals surface area contributed by atoms with Crippen LogP contribution in [0.1, 0.15) is 74.3 Å². The van der Waals surface area contributed by atoms with Crippen molar-refractivity contribution in [1.82, 2.24) is 14.8 Å². The van der Waals surface area contributed by atoms with E-state index in [0.717, 1.165) is 47.1 Å². The maximum Gasteiger partial charge on any atom is 0.319 e. The Morgan fingerprint density at radius 3 is 2.67 bits per heavy atom. The highest BCUT2D eigenvalue weighted by molar-refractivity contribution is 6.16. The highest BCUT2D eigenvalue weighted by Gasteiger charge is 2.69. The predicted octanol–water partition coefficient (Wildman–Crippen LogP) is 5.61. The molecular formula is C44H52N4O7. The molecule has 6 fully saturated rings. The number of hydrogen-bond donors (Lipinski definition) is 2. The van der Waals surface area contributed by atoms with Crippen molar-refractivity contribution in [2.45, 2.75) is 76.0 Å². The molecule has 2 unspecified atom stereocenters. The average molecular weight is 749 g/mol. The number of hydrogen-bond acceptors (Lipinski definition) is 10. The van der Waals surface area contributed by atoms with Crippen LogP contribution in [-0.2, 0) is 35.8 Å². The molecule has 5 saturated heterocycles. The van der Waals surface area contributed by atoms with Gasteiger partial charge in [-0.3, -0.25) is 24.4 Å². The van der Waals surface area contributed by atoms with Gasteiger partial charge in [-0.25, -0.2) is 0 Å². The van der Waals surface area contributed by atoms with Crippen molar-refractivity contribution in [2.75, 3.05) is 54.3 Å². The average Bonchev–Trinajstić information content (AvgIpc) is 3.70. The molecule has 55 heavy (non-hydrogen) atoms. The van der Waals surface area contributed by atoms with Crippen LogP contribution < -0.4 is 4.74 Å². The number of aliphatic imine (C=N–C) groups is 1. The molecule has 3 aromatic rings. The summed E-state index contributed by atoms with van der Waals surface area (Å²) in [5.41, 5.74) is 3.71. The predicted molar refractivity (Wildman–Crippen MR) is 206 cm³/mol. The lowest BCUT2D eigenvalue weighted by atomic mass is 9.54. The summed E-state index contributed by atoms with van der Waals surface area (Å²) in [6.45, 7) is 7.27. The van der Waals surface area contributed by atoms with Crippen molar-refractivity contribution in [1.29, 1.82) is 0 Å². The van der Waals surface area contributed by atoms with Crippen LogP contribution >= 0.6 is 0 Å². The van der Waals surface area contributed by atoms with Gasteiger partial charge in [0.2, 0.25) is 0 Å². The van der Waals surface area contributed by atoms with Gasteiger partial charge in [-0.15, -0.1) is 0 Å². The Morgan fingerprint density at radius 2 is 1.91 bits per heavy atom. The van der Waals surface area contributed by atoms with Crippen LogP contribution in [0.4, 0.5) is 5.69 Å². The minimum absolute atomic E-state index is 0.102. The van der Waals surface area contributed by atoms with Gasteiger partial charge in [0.1, 0.15) is 22.2 Å². The third-order valence-electron chi connectivity index (χ3n) is 15.2. The van der Waals surface area contributed by atoms with Gasteiger partial charge in [-0.2, -0.15) is 0 Å². The second kappa shape index (κ2) is 12.5. The molecule has 6 aliphatic heterocycles. The van der Waals surface area contributed by atoms with Gasteiger partial charge in [-0.1, -0.05) is 43.2 Å². The van der Waals surface area contributed by atoms with Crippen LogP contribution in [0.25, 0.3) is 10.9 Å². The molecule has 11 heteroatoms. The van der Waals surface area contributed by atoms with Gasteiger partial charge >= 0.3 is 11.9 Å². The topological polar surface area (TPSA) is 126 Å². The second-order valence-electron chi connectivity index (χ2n) is 17.3. The van der Waals surface area contributed by atoms with Crippen LogP contribution in [0.2, 0.25) is 0 Å². The molecule has 1 aromatic heterocycles. The van der Waals surface area contributed by atoms with Crippen LogP contribution in [0, 0.1) is 28.6 Å².